The minimum atomic E-state index is 0.523. The minimum Gasteiger partial charge on any atom is -0.362 e. The number of hydrogen-bond donors (Lipinski definition) is 2. The highest BCUT2D eigenvalue weighted by Crippen LogP contribution is 2.33. The summed E-state index contributed by atoms with van der Waals surface area (Å²) in [6.07, 6.45) is 4.10. The molecule has 0 aromatic rings. The first-order chi connectivity index (χ1) is 6.58. The predicted octanol–water partition coefficient (Wildman–Crippen LogP) is 2.30. The van der Waals surface area contributed by atoms with Crippen LogP contribution in [0, 0.1) is 11.8 Å². The van der Waals surface area contributed by atoms with E-state index in [1.165, 1.54) is 19.3 Å². The number of thiocarbonyl (C=S) groups is 1. The van der Waals surface area contributed by atoms with Gasteiger partial charge in [0.1, 0.15) is 0 Å². The molecule has 0 amide bonds. The summed E-state index contributed by atoms with van der Waals surface area (Å²) in [7, 11) is 0. The first-order valence-corrected chi connectivity index (χ1v) is 6.03. The van der Waals surface area contributed by atoms with Gasteiger partial charge in [0, 0.05) is 12.6 Å². The van der Waals surface area contributed by atoms with Gasteiger partial charge in [-0.15, -0.1) is 0 Å². The molecule has 0 spiro atoms. The zero-order valence-corrected chi connectivity index (χ0v) is 10.3. The molecule has 0 aromatic carbocycles. The highest BCUT2D eigenvalue weighted by atomic mass is 32.1. The second-order valence-electron chi connectivity index (χ2n) is 4.83. The van der Waals surface area contributed by atoms with Crippen LogP contribution in [0.25, 0.3) is 0 Å². The van der Waals surface area contributed by atoms with Crippen LogP contribution in [0.15, 0.2) is 0 Å². The molecule has 0 bridgehead atoms. The van der Waals surface area contributed by atoms with Gasteiger partial charge in [0.05, 0.1) is 0 Å². The summed E-state index contributed by atoms with van der Waals surface area (Å²) in [5, 5.41) is 7.37. The Morgan fingerprint density at radius 3 is 2.50 bits per heavy atom. The summed E-state index contributed by atoms with van der Waals surface area (Å²) < 4.78 is 0. The van der Waals surface area contributed by atoms with Crippen molar-refractivity contribution in [2.45, 2.75) is 46.1 Å². The second-order valence-corrected chi connectivity index (χ2v) is 5.24. The fourth-order valence-electron chi connectivity index (χ4n) is 1.48. The Labute approximate surface area is 92.8 Å². The van der Waals surface area contributed by atoms with Crippen molar-refractivity contribution < 1.29 is 0 Å². The molecule has 1 aliphatic carbocycles. The second kappa shape index (κ2) is 5.54. The van der Waals surface area contributed by atoms with E-state index >= 15 is 0 Å². The molecule has 1 saturated carbocycles. The molecule has 14 heavy (non-hydrogen) atoms. The van der Waals surface area contributed by atoms with Gasteiger partial charge in [0.15, 0.2) is 5.11 Å². The smallest absolute Gasteiger partial charge is 0.166 e. The van der Waals surface area contributed by atoms with E-state index in [2.05, 4.69) is 31.4 Å². The van der Waals surface area contributed by atoms with Crippen molar-refractivity contribution >= 4 is 17.3 Å². The monoisotopic (exact) mass is 214 g/mol. The summed E-state index contributed by atoms with van der Waals surface area (Å²) in [5.74, 6) is 1.61. The van der Waals surface area contributed by atoms with Crippen molar-refractivity contribution in [2.75, 3.05) is 6.54 Å². The molecule has 2 nitrogen and oxygen atoms in total. The highest BCUT2D eigenvalue weighted by Gasteiger charge is 2.23. The molecule has 0 saturated heterocycles. The molecule has 1 aliphatic rings. The molecule has 82 valence electrons. The Hall–Kier alpha value is -0.310. The van der Waals surface area contributed by atoms with Crippen molar-refractivity contribution in [3.05, 3.63) is 0 Å². The third-order valence-electron chi connectivity index (χ3n) is 2.43. The first-order valence-electron chi connectivity index (χ1n) is 5.62. The standard InChI is InChI=1S/C11H22N2S/c1-8(2)7-12-11(14)13-9(3)6-10-4-5-10/h8-10H,4-7H2,1-3H3,(H2,12,13,14). The summed E-state index contributed by atoms with van der Waals surface area (Å²) in [6, 6.07) is 0.523. The molecule has 0 radical (unpaired) electrons. The lowest BCUT2D eigenvalue weighted by atomic mass is 10.2. The van der Waals surface area contributed by atoms with Crippen LogP contribution in [0.5, 0.6) is 0 Å². The van der Waals surface area contributed by atoms with Gasteiger partial charge >= 0.3 is 0 Å². The van der Waals surface area contributed by atoms with E-state index in [0.717, 1.165) is 17.6 Å². The number of rotatable bonds is 5. The summed E-state index contributed by atoms with van der Waals surface area (Å²) in [6.45, 7) is 7.54. The van der Waals surface area contributed by atoms with Crippen LogP contribution in [0.4, 0.5) is 0 Å². The van der Waals surface area contributed by atoms with Crippen LogP contribution in [0.1, 0.15) is 40.0 Å². The van der Waals surface area contributed by atoms with E-state index in [-0.39, 0.29) is 0 Å². The first kappa shape index (κ1) is 11.8. The normalized spacial score (nSPS) is 18.0. The van der Waals surface area contributed by atoms with E-state index < -0.39 is 0 Å². The quantitative estimate of drug-likeness (QED) is 0.687. The van der Waals surface area contributed by atoms with Crippen molar-refractivity contribution in [2.24, 2.45) is 11.8 Å². The van der Waals surface area contributed by atoms with Gasteiger partial charge in [-0.05, 0) is 37.4 Å². The fourth-order valence-corrected chi connectivity index (χ4v) is 1.77. The van der Waals surface area contributed by atoms with Crippen molar-refractivity contribution in [3.63, 3.8) is 0 Å². The average molecular weight is 214 g/mol. The lowest BCUT2D eigenvalue weighted by Crippen LogP contribution is -2.41. The summed E-state index contributed by atoms with van der Waals surface area (Å²) in [4.78, 5) is 0. The van der Waals surface area contributed by atoms with Gasteiger partial charge in [-0.25, -0.2) is 0 Å². The topological polar surface area (TPSA) is 24.1 Å². The van der Waals surface area contributed by atoms with Gasteiger partial charge < -0.3 is 10.6 Å². The Balaban J connectivity index is 2.05. The van der Waals surface area contributed by atoms with Gasteiger partial charge in [-0.3, -0.25) is 0 Å². The maximum atomic E-state index is 5.20. The number of nitrogens with one attached hydrogen (secondary N) is 2. The zero-order valence-electron chi connectivity index (χ0n) is 9.47. The van der Waals surface area contributed by atoms with E-state index in [4.69, 9.17) is 12.2 Å². The Morgan fingerprint density at radius 1 is 1.36 bits per heavy atom. The largest absolute Gasteiger partial charge is 0.362 e. The highest BCUT2D eigenvalue weighted by molar-refractivity contribution is 7.80. The Morgan fingerprint density at radius 2 is 2.00 bits per heavy atom. The molecule has 1 unspecified atom stereocenters. The van der Waals surface area contributed by atoms with E-state index in [9.17, 15) is 0 Å². The van der Waals surface area contributed by atoms with Crippen LogP contribution in [-0.4, -0.2) is 17.7 Å². The molecular weight excluding hydrogens is 192 g/mol. The van der Waals surface area contributed by atoms with Crippen molar-refractivity contribution in [1.29, 1.82) is 0 Å². The maximum absolute atomic E-state index is 5.20. The number of hydrogen-bond acceptors (Lipinski definition) is 1. The average Bonchev–Trinajstić information content (AvgIpc) is 2.84. The van der Waals surface area contributed by atoms with Gasteiger partial charge in [-0.2, -0.15) is 0 Å². The van der Waals surface area contributed by atoms with Crippen LogP contribution >= 0.6 is 12.2 Å². The molecule has 1 fully saturated rings. The molecular formula is C11H22N2S. The third-order valence-corrected chi connectivity index (χ3v) is 2.69. The molecule has 1 rings (SSSR count). The molecule has 3 heteroatoms. The van der Waals surface area contributed by atoms with Crippen LogP contribution in [0.2, 0.25) is 0 Å². The maximum Gasteiger partial charge on any atom is 0.166 e. The molecule has 0 aromatic heterocycles. The van der Waals surface area contributed by atoms with E-state index in [0.29, 0.717) is 12.0 Å². The zero-order chi connectivity index (χ0) is 10.6. The van der Waals surface area contributed by atoms with Gasteiger partial charge in [-0.1, -0.05) is 26.7 Å². The SMILES string of the molecule is CC(C)CNC(=S)NC(C)CC1CC1. The fraction of sp³-hybridized carbons (Fsp3) is 0.909. The molecule has 2 N–H and O–H groups in total. The lowest BCUT2D eigenvalue weighted by molar-refractivity contribution is 0.550. The van der Waals surface area contributed by atoms with E-state index in [1.807, 2.05) is 0 Å². The minimum absolute atomic E-state index is 0.523. The van der Waals surface area contributed by atoms with Gasteiger partial charge in [0.2, 0.25) is 0 Å². The van der Waals surface area contributed by atoms with Crippen LogP contribution < -0.4 is 10.6 Å². The van der Waals surface area contributed by atoms with Gasteiger partial charge in [0.25, 0.3) is 0 Å². The van der Waals surface area contributed by atoms with Crippen LogP contribution in [-0.2, 0) is 0 Å². The van der Waals surface area contributed by atoms with Crippen molar-refractivity contribution in [1.82, 2.24) is 10.6 Å². The predicted molar refractivity (Wildman–Crippen MR) is 65.4 cm³/mol. The molecule has 0 heterocycles. The Bertz CT molecular complexity index is 188. The summed E-state index contributed by atoms with van der Waals surface area (Å²) in [5.41, 5.74) is 0. The van der Waals surface area contributed by atoms with Crippen LogP contribution in [0.3, 0.4) is 0 Å². The Kier molecular flexibility index (Phi) is 4.66. The van der Waals surface area contributed by atoms with Crippen molar-refractivity contribution in [3.8, 4) is 0 Å². The lowest BCUT2D eigenvalue weighted by Gasteiger charge is -2.17. The molecule has 0 aliphatic heterocycles. The summed E-state index contributed by atoms with van der Waals surface area (Å²) >= 11 is 5.20. The van der Waals surface area contributed by atoms with E-state index in [1.54, 1.807) is 0 Å². The molecule has 1 atom stereocenters. The third kappa shape index (κ3) is 5.43.